The van der Waals surface area contributed by atoms with E-state index >= 15 is 0 Å². The zero-order valence-electron chi connectivity index (χ0n) is 21.4. The van der Waals surface area contributed by atoms with Crippen molar-refractivity contribution in [1.29, 1.82) is 0 Å². The number of nitrogens with one attached hydrogen (secondary N) is 2. The molecule has 37 heavy (non-hydrogen) atoms. The van der Waals surface area contributed by atoms with Crippen LogP contribution in [0.4, 0.5) is 23.0 Å². The monoisotopic (exact) mass is 501 g/mol. The minimum Gasteiger partial charge on any atom is -0.494 e. The summed E-state index contributed by atoms with van der Waals surface area (Å²) < 4.78 is 6.76. The molecule has 0 unspecified atom stereocenters. The molecule has 0 spiro atoms. The number of rotatable bonds is 10. The summed E-state index contributed by atoms with van der Waals surface area (Å²) >= 11 is 0. The van der Waals surface area contributed by atoms with Gasteiger partial charge in [-0.1, -0.05) is 24.8 Å². The van der Waals surface area contributed by atoms with Crippen LogP contribution in [0.3, 0.4) is 0 Å². The van der Waals surface area contributed by atoms with Crippen molar-refractivity contribution in [3.63, 3.8) is 0 Å². The van der Waals surface area contributed by atoms with Crippen LogP contribution in [-0.4, -0.2) is 72.1 Å². The normalized spacial score (nSPS) is 10.9. The number of hydrogen-bond donors (Lipinski definition) is 3. The van der Waals surface area contributed by atoms with Crippen LogP contribution in [-0.2, 0) is 4.79 Å². The van der Waals surface area contributed by atoms with E-state index in [0.717, 1.165) is 34.5 Å². The third-order valence-corrected chi connectivity index (χ3v) is 5.93. The second-order valence-electron chi connectivity index (χ2n) is 8.78. The first-order valence-electron chi connectivity index (χ1n) is 11.7. The van der Waals surface area contributed by atoms with Crippen LogP contribution < -0.4 is 20.3 Å². The second-order valence-corrected chi connectivity index (χ2v) is 8.78. The summed E-state index contributed by atoms with van der Waals surface area (Å²) in [4.78, 5) is 25.4. The van der Waals surface area contributed by atoms with E-state index in [-0.39, 0.29) is 5.91 Å². The minimum absolute atomic E-state index is 0.322. The van der Waals surface area contributed by atoms with E-state index in [4.69, 9.17) is 4.74 Å². The molecule has 2 heterocycles. The van der Waals surface area contributed by atoms with Gasteiger partial charge in [0, 0.05) is 43.4 Å². The number of amides is 1. The Labute approximate surface area is 215 Å². The quantitative estimate of drug-likeness (QED) is 0.219. The van der Waals surface area contributed by atoms with Gasteiger partial charge < -0.3 is 30.4 Å². The highest BCUT2D eigenvalue weighted by Crippen LogP contribution is 2.38. The van der Waals surface area contributed by atoms with Gasteiger partial charge in [0.1, 0.15) is 5.75 Å². The molecule has 192 valence electrons. The molecule has 0 atom stereocenters. The summed E-state index contributed by atoms with van der Waals surface area (Å²) in [6.07, 6.45) is 4.49. The van der Waals surface area contributed by atoms with Crippen molar-refractivity contribution < 1.29 is 14.7 Å². The molecular weight excluding hydrogens is 470 g/mol. The zero-order chi connectivity index (χ0) is 26.5. The van der Waals surface area contributed by atoms with Crippen molar-refractivity contribution in [2.75, 3.05) is 56.9 Å². The first-order chi connectivity index (χ1) is 17.8. The Bertz CT molecular complexity index is 1430. The number of methoxy groups -OCH3 is 1. The SMILES string of the molecule is C=CC(=O)Nc1cc(Nc2nccc(-c3cn(O)c4ccccc34)n2)c(OC)cc1N(C)CCN(C)C. The van der Waals surface area contributed by atoms with Crippen LogP contribution in [0.1, 0.15) is 0 Å². The second kappa shape index (κ2) is 11.0. The number of aromatic nitrogens is 3. The van der Waals surface area contributed by atoms with E-state index in [0.29, 0.717) is 34.3 Å². The van der Waals surface area contributed by atoms with E-state index in [2.05, 4.69) is 32.1 Å². The van der Waals surface area contributed by atoms with Crippen LogP contribution in [0.15, 0.2) is 67.5 Å². The van der Waals surface area contributed by atoms with Gasteiger partial charge in [-0.25, -0.2) is 9.97 Å². The number of hydrogen-bond acceptors (Lipinski definition) is 8. The summed E-state index contributed by atoms with van der Waals surface area (Å²) in [5.41, 5.74) is 4.06. The predicted octanol–water partition coefficient (Wildman–Crippen LogP) is 4.21. The van der Waals surface area contributed by atoms with Crippen molar-refractivity contribution >= 4 is 39.8 Å². The fourth-order valence-corrected chi connectivity index (χ4v) is 3.96. The first kappa shape index (κ1) is 25.5. The van der Waals surface area contributed by atoms with Gasteiger partial charge >= 0.3 is 0 Å². The number of nitrogens with zero attached hydrogens (tertiary/aromatic N) is 5. The maximum absolute atomic E-state index is 12.2. The highest BCUT2D eigenvalue weighted by atomic mass is 16.5. The van der Waals surface area contributed by atoms with Crippen LogP contribution in [0.2, 0.25) is 0 Å². The summed E-state index contributed by atoms with van der Waals surface area (Å²) in [6.45, 7) is 5.14. The van der Waals surface area contributed by atoms with Gasteiger partial charge in [-0.3, -0.25) is 4.79 Å². The van der Waals surface area contributed by atoms with E-state index in [1.54, 1.807) is 31.6 Å². The smallest absolute Gasteiger partial charge is 0.247 e. The molecule has 0 bridgehead atoms. The maximum Gasteiger partial charge on any atom is 0.247 e. The lowest BCUT2D eigenvalue weighted by atomic mass is 10.1. The Hall–Kier alpha value is -4.57. The highest BCUT2D eigenvalue weighted by molar-refractivity contribution is 6.02. The number of fused-ring (bicyclic) bond motifs is 1. The van der Waals surface area contributed by atoms with Crippen LogP contribution in [0, 0.1) is 0 Å². The average Bonchev–Trinajstić information content (AvgIpc) is 3.24. The van der Waals surface area contributed by atoms with Gasteiger partial charge in [0.25, 0.3) is 0 Å². The third-order valence-electron chi connectivity index (χ3n) is 5.93. The Kier molecular flexibility index (Phi) is 7.59. The van der Waals surface area contributed by atoms with Crippen LogP contribution in [0.25, 0.3) is 22.2 Å². The molecule has 0 fully saturated rings. The number of benzene rings is 2. The Morgan fingerprint density at radius 3 is 2.68 bits per heavy atom. The maximum atomic E-state index is 12.2. The fourth-order valence-electron chi connectivity index (χ4n) is 3.96. The molecule has 2 aromatic carbocycles. The van der Waals surface area contributed by atoms with E-state index in [1.165, 1.54) is 6.08 Å². The lowest BCUT2D eigenvalue weighted by molar-refractivity contribution is -0.111. The Morgan fingerprint density at radius 2 is 1.95 bits per heavy atom. The highest BCUT2D eigenvalue weighted by Gasteiger charge is 2.17. The molecule has 1 amide bonds. The molecular formula is C27H31N7O3. The average molecular weight is 502 g/mol. The van der Waals surface area contributed by atoms with Crippen molar-refractivity contribution in [2.45, 2.75) is 0 Å². The Balaban J connectivity index is 1.71. The predicted molar refractivity (Wildman–Crippen MR) is 147 cm³/mol. The largest absolute Gasteiger partial charge is 0.494 e. The molecule has 0 aliphatic carbocycles. The standard InChI is InChI=1S/C27H31N7O3/c1-6-26(35)29-21-15-22(25(37-5)16-24(21)33(4)14-13-32(2)3)31-27-28-12-11-20(30-27)19-17-34(36)23-10-8-7-9-18(19)23/h6-12,15-17,36H,1,13-14H2,2-5H3,(H,29,35)(H,28,30,31). The number of anilines is 4. The molecule has 0 aliphatic rings. The van der Waals surface area contributed by atoms with Gasteiger partial charge in [-0.2, -0.15) is 4.73 Å². The van der Waals surface area contributed by atoms with Crippen molar-refractivity contribution in [3.8, 4) is 17.0 Å². The zero-order valence-corrected chi connectivity index (χ0v) is 21.4. The summed E-state index contributed by atoms with van der Waals surface area (Å²) in [5.74, 6) is 0.571. The summed E-state index contributed by atoms with van der Waals surface area (Å²) in [7, 11) is 7.56. The van der Waals surface area contributed by atoms with E-state index < -0.39 is 0 Å². The van der Waals surface area contributed by atoms with Crippen LogP contribution >= 0.6 is 0 Å². The molecule has 4 rings (SSSR count). The number of likely N-dealkylation sites (N-methyl/N-ethyl adjacent to an activating group) is 2. The van der Waals surface area contributed by atoms with Gasteiger partial charge in [0.15, 0.2) is 0 Å². The fraction of sp³-hybridized carbons (Fsp3) is 0.222. The van der Waals surface area contributed by atoms with Crippen molar-refractivity contribution in [1.82, 2.24) is 19.6 Å². The molecule has 0 saturated heterocycles. The van der Waals surface area contributed by atoms with Gasteiger partial charge in [0.2, 0.25) is 11.9 Å². The van der Waals surface area contributed by atoms with Crippen molar-refractivity contribution in [3.05, 3.63) is 67.5 Å². The number of carbonyl (C=O) groups excluding carboxylic acids is 1. The van der Waals surface area contributed by atoms with Gasteiger partial charge in [-0.05, 0) is 38.4 Å². The first-order valence-corrected chi connectivity index (χ1v) is 11.7. The third kappa shape index (κ3) is 5.65. The molecule has 10 heteroatoms. The Morgan fingerprint density at radius 1 is 1.16 bits per heavy atom. The number of carbonyl (C=O) groups is 1. The van der Waals surface area contributed by atoms with E-state index in [1.807, 2.05) is 56.4 Å². The summed E-state index contributed by atoms with van der Waals surface area (Å²) in [5, 5.41) is 17.3. The number of para-hydroxylation sites is 1. The molecule has 10 nitrogen and oxygen atoms in total. The molecule has 4 aromatic rings. The van der Waals surface area contributed by atoms with Gasteiger partial charge in [0.05, 0.1) is 41.6 Å². The number of ether oxygens (including phenoxy) is 1. The minimum atomic E-state index is -0.322. The van der Waals surface area contributed by atoms with Crippen LogP contribution in [0.5, 0.6) is 5.75 Å². The van der Waals surface area contributed by atoms with Crippen molar-refractivity contribution in [2.24, 2.45) is 0 Å². The topological polar surface area (TPSA) is 108 Å². The molecule has 0 radical (unpaired) electrons. The lowest BCUT2D eigenvalue weighted by Gasteiger charge is -2.26. The lowest BCUT2D eigenvalue weighted by Crippen LogP contribution is -2.29. The molecule has 2 aromatic heterocycles. The summed E-state index contributed by atoms with van der Waals surface area (Å²) in [6, 6.07) is 13.0. The molecule has 3 N–H and O–H groups in total. The molecule has 0 saturated carbocycles. The van der Waals surface area contributed by atoms with E-state index in [9.17, 15) is 10.0 Å². The van der Waals surface area contributed by atoms with Gasteiger partial charge in [-0.15, -0.1) is 0 Å². The molecule has 0 aliphatic heterocycles.